The zero-order valence-corrected chi connectivity index (χ0v) is 12.8. The maximum atomic E-state index is 12.1. The minimum Gasteiger partial charge on any atom is -0.358 e. The average Bonchev–Trinajstić information content (AvgIpc) is 2.97. The largest absolute Gasteiger partial charge is 0.358 e. The van der Waals surface area contributed by atoms with Crippen LogP contribution in [0.15, 0.2) is 53.9 Å². The van der Waals surface area contributed by atoms with E-state index in [-0.39, 0.29) is 11.2 Å². The molecule has 6 nitrogen and oxygen atoms in total. The highest BCUT2D eigenvalue weighted by molar-refractivity contribution is 8.00. The van der Waals surface area contributed by atoms with Crippen molar-refractivity contribution in [3.05, 3.63) is 54.4 Å². The van der Waals surface area contributed by atoms with Gasteiger partial charge in [-0.2, -0.15) is 4.98 Å². The number of amides is 1. The second-order valence-corrected chi connectivity index (χ2v) is 5.84. The first-order valence-electron chi connectivity index (χ1n) is 6.86. The molecule has 7 heteroatoms. The number of aromatic nitrogens is 4. The maximum Gasteiger partial charge on any atom is 0.253 e. The zero-order valence-electron chi connectivity index (χ0n) is 12.0. The summed E-state index contributed by atoms with van der Waals surface area (Å²) in [5, 5.41) is 7.30. The highest BCUT2D eigenvalue weighted by Crippen LogP contribution is 2.23. The first kappa shape index (κ1) is 14.5. The number of carbonyl (C=O) groups excluding carboxylic acids is 1. The molecule has 1 amide bonds. The van der Waals surface area contributed by atoms with Gasteiger partial charge in [0.05, 0.1) is 5.25 Å². The van der Waals surface area contributed by atoms with Crippen LogP contribution in [0.4, 0.5) is 0 Å². The van der Waals surface area contributed by atoms with E-state index in [0.29, 0.717) is 17.4 Å². The molecule has 0 radical (unpaired) electrons. The molecule has 112 valence electrons. The summed E-state index contributed by atoms with van der Waals surface area (Å²) in [4.78, 5) is 20.6. The summed E-state index contributed by atoms with van der Waals surface area (Å²) < 4.78 is 1.60. The summed E-state index contributed by atoms with van der Waals surface area (Å²) in [6.45, 7) is 0. The fourth-order valence-electron chi connectivity index (χ4n) is 2.07. The second-order valence-electron chi connectivity index (χ2n) is 4.67. The van der Waals surface area contributed by atoms with Crippen LogP contribution >= 0.6 is 11.8 Å². The SMILES string of the molecule is CNC(=O)[C@H](Cc1ccccc1)Sc1nc2ncccn2n1. The molecule has 0 saturated heterocycles. The van der Waals surface area contributed by atoms with Gasteiger partial charge in [0.1, 0.15) is 0 Å². The Kier molecular flexibility index (Phi) is 4.34. The van der Waals surface area contributed by atoms with Crippen LogP contribution in [-0.4, -0.2) is 37.8 Å². The first-order valence-corrected chi connectivity index (χ1v) is 7.74. The molecule has 2 aromatic heterocycles. The highest BCUT2D eigenvalue weighted by atomic mass is 32.2. The van der Waals surface area contributed by atoms with Crippen LogP contribution in [0.5, 0.6) is 0 Å². The van der Waals surface area contributed by atoms with Gasteiger partial charge in [0.25, 0.3) is 5.78 Å². The van der Waals surface area contributed by atoms with Crippen LogP contribution in [0.2, 0.25) is 0 Å². The molecule has 0 spiro atoms. The lowest BCUT2D eigenvalue weighted by Gasteiger charge is -2.13. The normalized spacial score (nSPS) is 12.2. The summed E-state index contributed by atoms with van der Waals surface area (Å²) in [7, 11) is 1.64. The lowest BCUT2D eigenvalue weighted by atomic mass is 10.1. The Morgan fingerprint density at radius 2 is 2.14 bits per heavy atom. The van der Waals surface area contributed by atoms with Gasteiger partial charge in [-0.3, -0.25) is 4.79 Å². The molecule has 0 aliphatic rings. The number of thioether (sulfide) groups is 1. The molecule has 0 aliphatic heterocycles. The Morgan fingerprint density at radius 3 is 2.86 bits per heavy atom. The highest BCUT2D eigenvalue weighted by Gasteiger charge is 2.21. The van der Waals surface area contributed by atoms with Crippen LogP contribution in [0.3, 0.4) is 0 Å². The molecule has 0 saturated carbocycles. The number of nitrogens with zero attached hydrogens (tertiary/aromatic N) is 4. The Bertz CT molecular complexity index is 741. The van der Waals surface area contributed by atoms with Gasteiger partial charge in [-0.15, -0.1) is 5.10 Å². The number of nitrogens with one attached hydrogen (secondary N) is 1. The molecule has 1 aromatic carbocycles. The molecule has 0 fully saturated rings. The van der Waals surface area contributed by atoms with Gasteiger partial charge < -0.3 is 5.32 Å². The third kappa shape index (κ3) is 3.25. The summed E-state index contributed by atoms with van der Waals surface area (Å²) >= 11 is 1.35. The van der Waals surface area contributed by atoms with Crippen LogP contribution < -0.4 is 5.32 Å². The molecule has 0 unspecified atom stereocenters. The van der Waals surface area contributed by atoms with Gasteiger partial charge in [0, 0.05) is 19.4 Å². The second kappa shape index (κ2) is 6.57. The molecule has 3 rings (SSSR count). The Labute approximate surface area is 132 Å². The predicted octanol–water partition coefficient (Wildman–Crippen LogP) is 1.57. The molecule has 1 N–H and O–H groups in total. The van der Waals surface area contributed by atoms with Gasteiger partial charge in [0.2, 0.25) is 11.1 Å². The van der Waals surface area contributed by atoms with E-state index in [1.807, 2.05) is 30.3 Å². The van der Waals surface area contributed by atoms with Gasteiger partial charge >= 0.3 is 0 Å². The topological polar surface area (TPSA) is 72.2 Å². The van der Waals surface area contributed by atoms with Crippen molar-refractivity contribution in [1.82, 2.24) is 24.9 Å². The van der Waals surface area contributed by atoms with E-state index >= 15 is 0 Å². The fourth-order valence-corrected chi connectivity index (χ4v) is 3.09. The number of hydrogen-bond donors (Lipinski definition) is 1. The van der Waals surface area contributed by atoms with Crippen molar-refractivity contribution < 1.29 is 4.79 Å². The van der Waals surface area contributed by atoms with Crippen LogP contribution in [0.1, 0.15) is 5.56 Å². The summed E-state index contributed by atoms with van der Waals surface area (Å²) in [5.74, 6) is 0.487. The van der Waals surface area contributed by atoms with Crippen LogP contribution in [0.25, 0.3) is 5.78 Å². The Hall–Kier alpha value is -2.41. The molecular weight excluding hydrogens is 298 g/mol. The third-order valence-corrected chi connectivity index (χ3v) is 4.20. The molecule has 0 bridgehead atoms. The Morgan fingerprint density at radius 1 is 1.32 bits per heavy atom. The van der Waals surface area contributed by atoms with Gasteiger partial charge in [-0.05, 0) is 18.1 Å². The number of rotatable bonds is 5. The smallest absolute Gasteiger partial charge is 0.253 e. The fraction of sp³-hybridized carbons (Fsp3) is 0.200. The predicted molar refractivity (Wildman–Crippen MR) is 84.6 cm³/mol. The maximum absolute atomic E-state index is 12.1. The number of benzene rings is 1. The lowest BCUT2D eigenvalue weighted by Crippen LogP contribution is -2.31. The van der Waals surface area contributed by atoms with Crippen molar-refractivity contribution in [2.75, 3.05) is 7.05 Å². The zero-order chi connectivity index (χ0) is 15.4. The standard InChI is InChI=1S/C15H15N5OS/c1-16-13(21)12(10-11-6-3-2-4-7-11)22-15-18-14-17-8-5-9-20(14)19-15/h2-9,12H,10H2,1H3,(H,16,21)/t12-/m0/s1. The minimum absolute atomic E-state index is 0.0410. The molecule has 1 atom stereocenters. The van der Waals surface area contributed by atoms with Gasteiger partial charge in [0.15, 0.2) is 0 Å². The minimum atomic E-state index is -0.287. The van der Waals surface area contributed by atoms with E-state index in [1.165, 1.54) is 11.8 Å². The van der Waals surface area contributed by atoms with Crippen molar-refractivity contribution in [3.8, 4) is 0 Å². The summed E-state index contributed by atoms with van der Waals surface area (Å²) in [6, 6.07) is 11.7. The van der Waals surface area contributed by atoms with E-state index in [2.05, 4.69) is 20.4 Å². The van der Waals surface area contributed by atoms with E-state index in [4.69, 9.17) is 0 Å². The van der Waals surface area contributed by atoms with Crippen LogP contribution in [0, 0.1) is 0 Å². The van der Waals surface area contributed by atoms with Crippen LogP contribution in [-0.2, 0) is 11.2 Å². The molecular formula is C15H15N5OS. The number of carbonyl (C=O) groups is 1. The molecule has 0 aliphatic carbocycles. The Balaban J connectivity index is 1.81. The van der Waals surface area contributed by atoms with Gasteiger partial charge in [-0.1, -0.05) is 42.1 Å². The average molecular weight is 313 g/mol. The molecule has 2 heterocycles. The van der Waals surface area contributed by atoms with E-state index < -0.39 is 0 Å². The molecule has 22 heavy (non-hydrogen) atoms. The van der Waals surface area contributed by atoms with Gasteiger partial charge in [-0.25, -0.2) is 9.50 Å². The number of fused-ring (bicyclic) bond motifs is 1. The summed E-state index contributed by atoms with van der Waals surface area (Å²) in [5.41, 5.74) is 1.10. The monoisotopic (exact) mass is 313 g/mol. The van der Waals surface area contributed by atoms with E-state index in [0.717, 1.165) is 5.56 Å². The van der Waals surface area contributed by atoms with Crippen molar-refractivity contribution in [1.29, 1.82) is 0 Å². The van der Waals surface area contributed by atoms with E-state index in [1.54, 1.807) is 30.0 Å². The summed E-state index contributed by atoms with van der Waals surface area (Å²) in [6.07, 6.45) is 4.07. The quantitative estimate of drug-likeness (QED) is 0.724. The van der Waals surface area contributed by atoms with Crippen molar-refractivity contribution in [2.45, 2.75) is 16.8 Å². The first-order chi connectivity index (χ1) is 10.8. The van der Waals surface area contributed by atoms with Crippen molar-refractivity contribution in [2.24, 2.45) is 0 Å². The number of hydrogen-bond acceptors (Lipinski definition) is 5. The van der Waals surface area contributed by atoms with Crippen molar-refractivity contribution >= 4 is 23.4 Å². The third-order valence-electron chi connectivity index (χ3n) is 3.15. The lowest BCUT2D eigenvalue weighted by molar-refractivity contribution is -0.120. The van der Waals surface area contributed by atoms with E-state index in [9.17, 15) is 4.79 Å². The molecule has 3 aromatic rings. The van der Waals surface area contributed by atoms with Crippen molar-refractivity contribution in [3.63, 3.8) is 0 Å².